The number of likely N-dealkylation sites (tertiary alicyclic amines) is 1. The van der Waals surface area contributed by atoms with E-state index in [1.54, 1.807) is 0 Å². The zero-order chi connectivity index (χ0) is 29.5. The van der Waals surface area contributed by atoms with Gasteiger partial charge in [-0.2, -0.15) is 0 Å². The van der Waals surface area contributed by atoms with Crippen molar-refractivity contribution in [1.29, 1.82) is 0 Å². The molecule has 43 heavy (non-hydrogen) atoms. The molecule has 0 amide bonds. The molecule has 0 radical (unpaired) electrons. The Labute approximate surface area is 258 Å². The zero-order valence-corrected chi connectivity index (χ0v) is 26.1. The molecule has 232 valence electrons. The molecule has 0 spiro atoms. The number of carbonyl (C=O) groups excluding carboxylic acids is 2. The summed E-state index contributed by atoms with van der Waals surface area (Å²) < 4.78 is 11.3. The van der Waals surface area contributed by atoms with Crippen LogP contribution >= 0.6 is 0 Å². The van der Waals surface area contributed by atoms with E-state index in [9.17, 15) is 9.59 Å². The van der Waals surface area contributed by atoms with Crippen molar-refractivity contribution in [2.45, 2.75) is 127 Å². The van der Waals surface area contributed by atoms with Crippen LogP contribution < -0.4 is 4.74 Å². The van der Waals surface area contributed by atoms with E-state index < -0.39 is 0 Å². The van der Waals surface area contributed by atoms with Crippen LogP contribution in [0, 0.1) is 11.8 Å². The smallest absolute Gasteiger partial charge is 0.311 e. The average molecular weight is 586 g/mol. The van der Waals surface area contributed by atoms with Crippen LogP contribution in [0.4, 0.5) is 0 Å². The average Bonchev–Trinajstić information content (AvgIpc) is 3.01. The van der Waals surface area contributed by atoms with Crippen molar-refractivity contribution in [2.75, 3.05) is 13.1 Å². The summed E-state index contributed by atoms with van der Waals surface area (Å²) in [6, 6.07) is 17.1. The first kappa shape index (κ1) is 30.4. The van der Waals surface area contributed by atoms with Crippen LogP contribution in [0.2, 0.25) is 0 Å². The van der Waals surface area contributed by atoms with E-state index in [0.29, 0.717) is 25.5 Å². The summed E-state index contributed by atoms with van der Waals surface area (Å²) in [5.74, 6) is 2.20. The molecule has 1 heterocycles. The van der Waals surface area contributed by atoms with Gasteiger partial charge in [0.25, 0.3) is 0 Å². The Balaban J connectivity index is 0.911. The fourth-order valence-corrected chi connectivity index (χ4v) is 8.60. The summed E-state index contributed by atoms with van der Waals surface area (Å²) in [5.41, 5.74) is 4.32. The number of piperidine rings is 1. The van der Waals surface area contributed by atoms with Crippen molar-refractivity contribution in [3.8, 4) is 5.75 Å². The summed E-state index contributed by atoms with van der Waals surface area (Å²) in [7, 11) is 0. The number of carbonyl (C=O) groups is 2. The molecule has 5 heteroatoms. The van der Waals surface area contributed by atoms with E-state index in [2.05, 4.69) is 17.0 Å². The predicted molar refractivity (Wildman–Crippen MR) is 170 cm³/mol. The molecule has 0 aromatic heterocycles. The fourth-order valence-electron chi connectivity index (χ4n) is 8.60. The van der Waals surface area contributed by atoms with Crippen LogP contribution in [-0.2, 0) is 32.8 Å². The van der Waals surface area contributed by atoms with Crippen LogP contribution in [0.5, 0.6) is 5.75 Å². The lowest BCUT2D eigenvalue weighted by atomic mass is 9.52. The SMILES string of the molecule is O=C(CCCCCCCCC(=O)Oc1ccc2c(c1)[C@@]13CCCC[C@H]1[C@H](C2)N(CC1CCC1)CC3)OCc1ccccc1. The van der Waals surface area contributed by atoms with E-state index in [-0.39, 0.29) is 17.4 Å². The third kappa shape index (κ3) is 7.36. The van der Waals surface area contributed by atoms with Crippen LogP contribution in [0.3, 0.4) is 0 Å². The van der Waals surface area contributed by atoms with Gasteiger partial charge in [-0.05, 0) is 98.6 Å². The van der Waals surface area contributed by atoms with E-state index in [1.165, 1.54) is 75.6 Å². The van der Waals surface area contributed by atoms with Crippen molar-refractivity contribution in [1.82, 2.24) is 4.90 Å². The van der Waals surface area contributed by atoms with Crippen LogP contribution in [0.1, 0.15) is 119 Å². The molecule has 3 aliphatic carbocycles. The van der Waals surface area contributed by atoms with Gasteiger partial charge in [0.05, 0.1) is 0 Å². The summed E-state index contributed by atoms with van der Waals surface area (Å²) in [6.45, 7) is 2.90. The van der Waals surface area contributed by atoms with Crippen LogP contribution in [0.25, 0.3) is 0 Å². The molecule has 1 aliphatic heterocycles. The van der Waals surface area contributed by atoms with Gasteiger partial charge in [0.1, 0.15) is 12.4 Å². The molecular formula is C38H51NO4. The third-order valence-electron chi connectivity index (χ3n) is 11.1. The Morgan fingerprint density at radius 3 is 2.35 bits per heavy atom. The molecule has 2 aromatic carbocycles. The fraction of sp³-hybridized carbons (Fsp3) is 0.632. The van der Waals surface area contributed by atoms with Gasteiger partial charge < -0.3 is 9.47 Å². The van der Waals surface area contributed by atoms with Crippen LogP contribution in [0.15, 0.2) is 48.5 Å². The number of fused-ring (bicyclic) bond motifs is 1. The standard InChI is InChI=1S/C38H51NO4/c40-36(42-28-30-13-6-5-7-14-30)18-8-3-1-2-4-9-19-37(41)43-32-21-20-31-25-35-33-17-10-11-22-38(33,34(31)26-32)23-24-39(35)27-29-15-12-16-29/h5-7,13-14,20-21,26,29,33,35H,1-4,8-12,15-19,22-25,27-28H2/t33-,35-,38+/m0/s1. The monoisotopic (exact) mass is 585 g/mol. The molecule has 3 atom stereocenters. The minimum absolute atomic E-state index is 0.109. The van der Waals surface area contributed by atoms with E-state index in [1.807, 2.05) is 36.4 Å². The van der Waals surface area contributed by atoms with E-state index >= 15 is 0 Å². The molecule has 2 saturated carbocycles. The van der Waals surface area contributed by atoms with Crippen molar-refractivity contribution >= 4 is 11.9 Å². The number of ether oxygens (including phenoxy) is 2. The number of unbranched alkanes of at least 4 members (excludes halogenated alkanes) is 5. The summed E-state index contributed by atoms with van der Waals surface area (Å²) in [6.07, 6.45) is 18.9. The highest BCUT2D eigenvalue weighted by Gasteiger charge is 2.54. The molecule has 1 saturated heterocycles. The Morgan fingerprint density at radius 2 is 1.58 bits per heavy atom. The summed E-state index contributed by atoms with van der Waals surface area (Å²) in [5, 5.41) is 0. The number of hydrogen-bond acceptors (Lipinski definition) is 5. The molecule has 6 rings (SSSR count). The van der Waals surface area contributed by atoms with E-state index in [0.717, 1.165) is 68.1 Å². The minimum atomic E-state index is -0.124. The molecule has 5 nitrogen and oxygen atoms in total. The Hall–Kier alpha value is -2.66. The van der Waals surface area contributed by atoms with Crippen molar-refractivity contribution < 1.29 is 19.1 Å². The molecule has 2 bridgehead atoms. The highest BCUT2D eigenvalue weighted by molar-refractivity contribution is 5.72. The first-order valence-electron chi connectivity index (χ1n) is 17.4. The first-order valence-corrected chi connectivity index (χ1v) is 17.4. The number of rotatable bonds is 14. The largest absolute Gasteiger partial charge is 0.461 e. The van der Waals surface area contributed by atoms with Gasteiger partial charge in [0, 0.05) is 30.8 Å². The van der Waals surface area contributed by atoms with Crippen molar-refractivity contribution in [3.05, 3.63) is 65.2 Å². The number of hydrogen-bond donors (Lipinski definition) is 0. The number of esters is 2. The maximum atomic E-state index is 12.7. The minimum Gasteiger partial charge on any atom is -0.461 e. The van der Waals surface area contributed by atoms with Gasteiger partial charge in [0.15, 0.2) is 0 Å². The molecule has 0 unspecified atom stereocenters. The zero-order valence-electron chi connectivity index (χ0n) is 26.1. The van der Waals surface area contributed by atoms with Gasteiger partial charge in [0.2, 0.25) is 0 Å². The Kier molecular flexibility index (Phi) is 10.2. The molecule has 0 N–H and O–H groups in total. The first-order chi connectivity index (χ1) is 21.1. The summed E-state index contributed by atoms with van der Waals surface area (Å²) in [4.78, 5) is 27.6. The second kappa shape index (κ2) is 14.4. The molecular weight excluding hydrogens is 534 g/mol. The van der Waals surface area contributed by atoms with Gasteiger partial charge in [-0.1, -0.05) is 81.3 Å². The lowest BCUT2D eigenvalue weighted by Gasteiger charge is -2.59. The third-order valence-corrected chi connectivity index (χ3v) is 11.1. The molecule has 4 aliphatic rings. The second-order valence-corrected chi connectivity index (χ2v) is 13.9. The number of nitrogens with zero attached hydrogens (tertiary/aromatic N) is 1. The normalized spacial score (nSPS) is 24.8. The lowest BCUT2D eigenvalue weighted by molar-refractivity contribution is -0.145. The predicted octanol–water partition coefficient (Wildman–Crippen LogP) is 8.31. The van der Waals surface area contributed by atoms with Gasteiger partial charge in [-0.25, -0.2) is 0 Å². The highest BCUT2D eigenvalue weighted by atomic mass is 16.5. The van der Waals surface area contributed by atoms with E-state index in [4.69, 9.17) is 9.47 Å². The number of benzene rings is 2. The Bertz CT molecular complexity index is 1220. The summed E-state index contributed by atoms with van der Waals surface area (Å²) >= 11 is 0. The van der Waals surface area contributed by atoms with Gasteiger partial charge in [-0.15, -0.1) is 0 Å². The molecule has 2 aromatic rings. The van der Waals surface area contributed by atoms with Crippen molar-refractivity contribution in [2.24, 2.45) is 11.8 Å². The lowest BCUT2D eigenvalue weighted by Crippen LogP contribution is -2.61. The Morgan fingerprint density at radius 1 is 0.814 bits per heavy atom. The maximum Gasteiger partial charge on any atom is 0.311 e. The van der Waals surface area contributed by atoms with Crippen LogP contribution in [-0.4, -0.2) is 36.0 Å². The molecule has 3 fully saturated rings. The quantitative estimate of drug-likeness (QED) is 0.127. The van der Waals surface area contributed by atoms with Gasteiger partial charge >= 0.3 is 11.9 Å². The topological polar surface area (TPSA) is 55.8 Å². The highest BCUT2D eigenvalue weighted by Crippen LogP contribution is 2.56. The van der Waals surface area contributed by atoms with Crippen molar-refractivity contribution in [3.63, 3.8) is 0 Å². The second-order valence-electron chi connectivity index (χ2n) is 13.9. The maximum absolute atomic E-state index is 12.7. The van der Waals surface area contributed by atoms with Gasteiger partial charge in [-0.3, -0.25) is 14.5 Å².